The van der Waals surface area contributed by atoms with E-state index in [0.29, 0.717) is 5.75 Å². The fourth-order valence-electron chi connectivity index (χ4n) is 2.00. The van der Waals surface area contributed by atoms with Gasteiger partial charge in [0.15, 0.2) is 0 Å². The highest BCUT2D eigenvalue weighted by atomic mass is 79.9. The molecule has 0 aliphatic carbocycles. The summed E-state index contributed by atoms with van der Waals surface area (Å²) < 4.78 is 6.89. The molecule has 2 aromatic rings. The van der Waals surface area contributed by atoms with E-state index in [4.69, 9.17) is 4.74 Å². The molecule has 0 saturated heterocycles. The molecule has 2 rings (SSSR count). The zero-order valence-corrected chi connectivity index (χ0v) is 13.4. The van der Waals surface area contributed by atoms with E-state index in [1.165, 1.54) is 0 Å². The Balaban J connectivity index is 2.41. The lowest BCUT2D eigenvalue weighted by Gasteiger charge is -2.15. The molecule has 3 nitrogen and oxygen atoms in total. The minimum Gasteiger partial charge on any atom is -0.455 e. The number of aryl methyl sites for hydroxylation is 2. The van der Waals surface area contributed by atoms with Crippen LogP contribution in [0.15, 0.2) is 34.8 Å². The Morgan fingerprint density at radius 3 is 2.65 bits per heavy atom. The van der Waals surface area contributed by atoms with Crippen molar-refractivity contribution in [1.29, 1.82) is 0 Å². The molecule has 0 radical (unpaired) electrons. The first-order valence-electron chi connectivity index (χ1n) is 6.63. The topological polar surface area (TPSA) is 42.4 Å². The quantitative estimate of drug-likeness (QED) is 0.890. The second kappa shape index (κ2) is 6.37. The predicted octanol–water partition coefficient (Wildman–Crippen LogP) is 4.56. The number of pyridine rings is 1. The van der Waals surface area contributed by atoms with Gasteiger partial charge in [0.25, 0.3) is 0 Å². The Kier molecular flexibility index (Phi) is 4.78. The maximum atomic E-state index is 9.83. The van der Waals surface area contributed by atoms with Crippen molar-refractivity contribution >= 4 is 15.9 Å². The lowest BCUT2D eigenvalue weighted by atomic mass is 10.1. The van der Waals surface area contributed by atoms with Crippen molar-refractivity contribution in [2.24, 2.45) is 0 Å². The van der Waals surface area contributed by atoms with Crippen LogP contribution in [0.5, 0.6) is 11.5 Å². The molecule has 1 N–H and O–H groups in total. The van der Waals surface area contributed by atoms with Crippen molar-refractivity contribution in [2.45, 2.75) is 33.3 Å². The summed E-state index contributed by atoms with van der Waals surface area (Å²) in [4.78, 5) is 4.49. The third-order valence-electron chi connectivity index (χ3n) is 3.05. The van der Waals surface area contributed by atoms with Gasteiger partial charge in [-0.25, -0.2) is 0 Å². The van der Waals surface area contributed by atoms with Crippen LogP contribution in [0.3, 0.4) is 0 Å². The Bertz CT molecular complexity index is 611. The van der Waals surface area contributed by atoms with E-state index >= 15 is 0 Å². The van der Waals surface area contributed by atoms with Gasteiger partial charge in [-0.2, -0.15) is 0 Å². The van der Waals surface area contributed by atoms with Crippen molar-refractivity contribution in [3.63, 3.8) is 0 Å². The maximum Gasteiger partial charge on any atom is 0.148 e. The standard InChI is InChI=1S/C16H18BrNO2/c1-4-14-15(8-5-10(2)18-14)20-16-9-12(17)6-7-13(16)11(3)19/h5-9,11,19H,4H2,1-3H3. The Hall–Kier alpha value is -1.39. The molecule has 0 spiro atoms. The van der Waals surface area contributed by atoms with Crippen molar-refractivity contribution in [3.8, 4) is 11.5 Å². The molecule has 1 atom stereocenters. The van der Waals surface area contributed by atoms with Gasteiger partial charge in [-0.3, -0.25) is 4.98 Å². The number of rotatable bonds is 4. The summed E-state index contributed by atoms with van der Waals surface area (Å²) in [5.74, 6) is 1.38. The molecule has 4 heteroatoms. The first kappa shape index (κ1) is 15.0. The van der Waals surface area contributed by atoms with Gasteiger partial charge in [-0.1, -0.05) is 28.9 Å². The van der Waals surface area contributed by atoms with Crippen LogP contribution in [0, 0.1) is 6.92 Å². The third-order valence-corrected chi connectivity index (χ3v) is 3.55. The lowest BCUT2D eigenvalue weighted by molar-refractivity contribution is 0.195. The fraction of sp³-hybridized carbons (Fsp3) is 0.312. The number of benzene rings is 1. The zero-order valence-electron chi connectivity index (χ0n) is 11.9. The molecule has 0 fully saturated rings. The van der Waals surface area contributed by atoms with E-state index < -0.39 is 6.10 Å². The van der Waals surface area contributed by atoms with Gasteiger partial charge >= 0.3 is 0 Å². The fourth-order valence-corrected chi connectivity index (χ4v) is 2.34. The van der Waals surface area contributed by atoms with E-state index in [2.05, 4.69) is 20.9 Å². The summed E-state index contributed by atoms with van der Waals surface area (Å²) in [6, 6.07) is 9.46. The number of hydrogen-bond acceptors (Lipinski definition) is 3. The Morgan fingerprint density at radius 1 is 1.25 bits per heavy atom. The van der Waals surface area contributed by atoms with Gasteiger partial charge in [0.05, 0.1) is 11.8 Å². The van der Waals surface area contributed by atoms with Gasteiger partial charge in [0, 0.05) is 15.7 Å². The number of halogens is 1. The van der Waals surface area contributed by atoms with E-state index in [1.807, 2.05) is 44.2 Å². The van der Waals surface area contributed by atoms with Crippen LogP contribution in [0.2, 0.25) is 0 Å². The number of aromatic nitrogens is 1. The van der Waals surface area contributed by atoms with Crippen LogP contribution in [-0.4, -0.2) is 10.1 Å². The number of aliphatic hydroxyl groups is 1. The molecule has 1 unspecified atom stereocenters. The SMILES string of the molecule is CCc1nc(C)ccc1Oc1cc(Br)ccc1C(C)O. The molecule has 0 saturated carbocycles. The first-order chi connectivity index (χ1) is 9.51. The molecular formula is C16H18BrNO2. The second-order valence-electron chi connectivity index (χ2n) is 4.71. The van der Waals surface area contributed by atoms with E-state index in [1.54, 1.807) is 6.92 Å². The molecule has 20 heavy (non-hydrogen) atoms. The third kappa shape index (κ3) is 3.38. The van der Waals surface area contributed by atoms with E-state index in [0.717, 1.165) is 33.6 Å². The molecule has 0 bridgehead atoms. The van der Waals surface area contributed by atoms with Gasteiger partial charge < -0.3 is 9.84 Å². The molecular weight excluding hydrogens is 318 g/mol. The first-order valence-corrected chi connectivity index (χ1v) is 7.42. The normalized spacial score (nSPS) is 12.2. The number of ether oxygens (including phenoxy) is 1. The molecule has 106 valence electrons. The molecule has 1 aromatic carbocycles. The molecule has 0 aliphatic heterocycles. The van der Waals surface area contributed by atoms with Gasteiger partial charge in [0.1, 0.15) is 11.5 Å². The minimum atomic E-state index is -0.582. The Morgan fingerprint density at radius 2 is 2.00 bits per heavy atom. The smallest absolute Gasteiger partial charge is 0.148 e. The van der Waals surface area contributed by atoms with Crippen LogP contribution in [0.1, 0.15) is 36.9 Å². The van der Waals surface area contributed by atoms with Crippen molar-refractivity contribution in [1.82, 2.24) is 4.98 Å². The summed E-state index contributed by atoms with van der Waals surface area (Å²) >= 11 is 3.43. The van der Waals surface area contributed by atoms with Crippen molar-refractivity contribution in [3.05, 3.63) is 51.8 Å². The van der Waals surface area contributed by atoms with E-state index in [-0.39, 0.29) is 0 Å². The predicted molar refractivity (Wildman–Crippen MR) is 83.2 cm³/mol. The average molecular weight is 336 g/mol. The van der Waals surface area contributed by atoms with Crippen LogP contribution in [0.4, 0.5) is 0 Å². The van der Waals surface area contributed by atoms with Crippen LogP contribution < -0.4 is 4.74 Å². The number of nitrogens with zero attached hydrogens (tertiary/aromatic N) is 1. The van der Waals surface area contributed by atoms with Gasteiger partial charge in [0.2, 0.25) is 0 Å². The number of hydrogen-bond donors (Lipinski definition) is 1. The Labute approximate surface area is 127 Å². The highest BCUT2D eigenvalue weighted by Gasteiger charge is 2.13. The highest BCUT2D eigenvalue weighted by Crippen LogP contribution is 2.33. The van der Waals surface area contributed by atoms with Crippen LogP contribution >= 0.6 is 15.9 Å². The monoisotopic (exact) mass is 335 g/mol. The highest BCUT2D eigenvalue weighted by molar-refractivity contribution is 9.10. The zero-order chi connectivity index (χ0) is 14.7. The molecule has 1 heterocycles. The van der Waals surface area contributed by atoms with Gasteiger partial charge in [-0.05, 0) is 44.5 Å². The second-order valence-corrected chi connectivity index (χ2v) is 5.63. The van der Waals surface area contributed by atoms with Crippen LogP contribution in [-0.2, 0) is 6.42 Å². The van der Waals surface area contributed by atoms with Crippen LogP contribution in [0.25, 0.3) is 0 Å². The minimum absolute atomic E-state index is 0.582. The van der Waals surface area contributed by atoms with Crippen molar-refractivity contribution in [2.75, 3.05) is 0 Å². The van der Waals surface area contributed by atoms with E-state index in [9.17, 15) is 5.11 Å². The lowest BCUT2D eigenvalue weighted by Crippen LogP contribution is -2.00. The number of aliphatic hydroxyl groups excluding tert-OH is 1. The molecule has 0 aliphatic rings. The molecule has 1 aromatic heterocycles. The summed E-state index contributed by atoms with van der Waals surface area (Å²) in [6.45, 7) is 5.73. The summed E-state index contributed by atoms with van der Waals surface area (Å²) in [6.07, 6.45) is 0.219. The summed E-state index contributed by atoms with van der Waals surface area (Å²) in [5, 5.41) is 9.83. The maximum absolute atomic E-state index is 9.83. The summed E-state index contributed by atoms with van der Waals surface area (Å²) in [5.41, 5.74) is 2.65. The largest absolute Gasteiger partial charge is 0.455 e. The molecule has 0 amide bonds. The summed E-state index contributed by atoms with van der Waals surface area (Å²) in [7, 11) is 0. The van der Waals surface area contributed by atoms with Crippen molar-refractivity contribution < 1.29 is 9.84 Å². The average Bonchev–Trinajstić information content (AvgIpc) is 2.40. The van der Waals surface area contributed by atoms with Gasteiger partial charge in [-0.15, -0.1) is 0 Å².